The van der Waals surface area contributed by atoms with Gasteiger partial charge in [-0.2, -0.15) is 8.42 Å². The number of benzene rings is 1. The molecular weight excluding hydrogens is 242 g/mol. The Kier molecular flexibility index (Phi) is 3.73. The maximum absolute atomic E-state index is 11.4. The van der Waals surface area contributed by atoms with Gasteiger partial charge in [0.05, 0.1) is 4.90 Å². The second-order valence-corrected chi connectivity index (χ2v) is 5.50. The lowest BCUT2D eigenvalue weighted by molar-refractivity contribution is 0.277. The van der Waals surface area contributed by atoms with Gasteiger partial charge in [0, 0.05) is 0 Å². The minimum absolute atomic E-state index is 0.0575. The zero-order chi connectivity index (χ0) is 10.6. The lowest BCUT2D eigenvalue weighted by Gasteiger charge is -1.90. The van der Waals surface area contributed by atoms with E-state index in [-0.39, 0.29) is 4.90 Å². The third-order valence-electron chi connectivity index (χ3n) is 1.25. The minimum Gasteiger partial charge on any atom is -0.211 e. The Morgan fingerprint density at radius 3 is 2.36 bits per heavy atom. The van der Waals surface area contributed by atoms with Crippen molar-refractivity contribution in [3.8, 4) is 0 Å². The number of carbonyl (C=O) groups is 1. The highest BCUT2D eigenvalue weighted by atomic mass is 32.3. The van der Waals surface area contributed by atoms with Crippen LogP contribution in [0.2, 0.25) is 0 Å². The Morgan fingerprint density at radius 1 is 1.29 bits per heavy atom. The zero-order valence-electron chi connectivity index (χ0n) is 6.82. The molecule has 1 rings (SSSR count). The van der Waals surface area contributed by atoms with Crippen molar-refractivity contribution in [1.82, 2.24) is 0 Å². The maximum Gasteiger partial charge on any atom is 0.491 e. The molecule has 0 aliphatic carbocycles. The molecule has 0 bridgehead atoms. The summed E-state index contributed by atoms with van der Waals surface area (Å²) in [6.45, 7) is 0. The van der Waals surface area contributed by atoms with E-state index >= 15 is 0 Å². The Morgan fingerprint density at radius 2 is 1.86 bits per heavy atom. The molecule has 0 heterocycles. The van der Waals surface area contributed by atoms with Gasteiger partial charge in [-0.25, -0.2) is 4.79 Å². The third-order valence-corrected chi connectivity index (χ3v) is 3.61. The van der Waals surface area contributed by atoms with Gasteiger partial charge in [0.2, 0.25) is 0 Å². The summed E-state index contributed by atoms with van der Waals surface area (Å²) in [6.07, 6.45) is 0. The summed E-state index contributed by atoms with van der Waals surface area (Å²) in [4.78, 5) is 10.4. The lowest BCUT2D eigenvalue weighted by Crippen LogP contribution is -1.96. The number of hydrogen-bond acceptors (Lipinski definition) is 3. The van der Waals surface area contributed by atoms with E-state index in [1.807, 2.05) is 0 Å². The van der Waals surface area contributed by atoms with E-state index in [1.54, 1.807) is 18.2 Å². The van der Waals surface area contributed by atoms with Crippen molar-refractivity contribution in [1.29, 1.82) is 0 Å². The highest BCUT2D eigenvalue weighted by Crippen LogP contribution is 2.10. The fourth-order valence-electron chi connectivity index (χ4n) is 0.716. The molecule has 0 radical (unpaired) electrons. The first kappa shape index (κ1) is 11.3. The van der Waals surface area contributed by atoms with Crippen LogP contribution in [0.15, 0.2) is 39.0 Å². The van der Waals surface area contributed by atoms with Gasteiger partial charge < -0.3 is 0 Å². The SMILES string of the molecule is O=C(S)[S+]=NS(=O)(=O)c1ccccc1. The van der Waals surface area contributed by atoms with E-state index in [1.165, 1.54) is 12.1 Å². The van der Waals surface area contributed by atoms with E-state index in [0.29, 0.717) is 11.6 Å². The van der Waals surface area contributed by atoms with Crippen molar-refractivity contribution in [2.75, 3.05) is 0 Å². The summed E-state index contributed by atoms with van der Waals surface area (Å²) in [7, 11) is -3.74. The monoisotopic (exact) mass is 248 g/mol. The van der Waals surface area contributed by atoms with Crippen molar-refractivity contribution in [3.63, 3.8) is 0 Å². The highest BCUT2D eigenvalue weighted by molar-refractivity contribution is 8.19. The van der Waals surface area contributed by atoms with Crippen LogP contribution in [-0.2, 0) is 21.6 Å². The molecule has 1 aromatic carbocycles. The molecule has 7 heteroatoms. The van der Waals surface area contributed by atoms with Crippen LogP contribution >= 0.6 is 12.6 Å². The fraction of sp³-hybridized carbons (Fsp3) is 0. The van der Waals surface area contributed by atoms with Gasteiger partial charge in [-0.15, -0.1) is 0 Å². The topological polar surface area (TPSA) is 63.6 Å². The summed E-state index contributed by atoms with van der Waals surface area (Å²) < 4.78 is 25.3. The van der Waals surface area contributed by atoms with Crippen molar-refractivity contribution >= 4 is 38.7 Å². The second-order valence-electron chi connectivity index (χ2n) is 2.22. The minimum atomic E-state index is -3.74. The predicted octanol–water partition coefficient (Wildman–Crippen LogP) is 1.69. The number of thiol groups is 1. The molecule has 1 aromatic rings. The molecule has 0 N–H and O–H groups in total. The summed E-state index contributed by atoms with van der Waals surface area (Å²) >= 11 is 3.68. The first-order valence-electron chi connectivity index (χ1n) is 3.45. The van der Waals surface area contributed by atoms with Crippen LogP contribution in [0.1, 0.15) is 0 Å². The Hall–Kier alpha value is -0.790. The van der Waals surface area contributed by atoms with Crippen LogP contribution in [0.25, 0.3) is 0 Å². The molecule has 0 unspecified atom stereocenters. The molecule has 0 amide bonds. The van der Waals surface area contributed by atoms with Crippen LogP contribution in [0.3, 0.4) is 0 Å². The number of nitrogens with zero attached hydrogens (tertiary/aromatic N) is 1. The Bertz CT molecular complexity index is 452. The van der Waals surface area contributed by atoms with E-state index < -0.39 is 14.5 Å². The number of sulfonamides is 1. The van der Waals surface area contributed by atoms with Gasteiger partial charge in [-0.1, -0.05) is 18.2 Å². The third kappa shape index (κ3) is 3.17. The first-order valence-corrected chi connectivity index (χ1v) is 6.11. The van der Waals surface area contributed by atoms with Crippen LogP contribution in [0.4, 0.5) is 4.79 Å². The van der Waals surface area contributed by atoms with Gasteiger partial charge in [-0.05, 0) is 24.8 Å². The molecule has 4 nitrogen and oxygen atoms in total. The normalized spacial score (nSPS) is 11.8. The van der Waals surface area contributed by atoms with Crippen molar-refractivity contribution in [2.45, 2.75) is 4.90 Å². The van der Waals surface area contributed by atoms with Crippen LogP contribution in [0, 0.1) is 0 Å². The summed E-state index contributed by atoms with van der Waals surface area (Å²) in [6, 6.07) is 7.66. The van der Waals surface area contributed by atoms with Crippen LogP contribution in [-0.4, -0.2) is 12.9 Å². The summed E-state index contributed by atoms with van der Waals surface area (Å²) in [5, 5.41) is 0. The molecular formula is C7H6NO3S3+. The quantitative estimate of drug-likeness (QED) is 0.640. The molecule has 0 saturated carbocycles. The maximum atomic E-state index is 11.4. The highest BCUT2D eigenvalue weighted by Gasteiger charge is 2.19. The van der Waals surface area contributed by atoms with E-state index in [9.17, 15) is 13.2 Å². The fourth-order valence-corrected chi connectivity index (χ4v) is 2.51. The van der Waals surface area contributed by atoms with Gasteiger partial charge in [0.15, 0.2) is 0 Å². The molecule has 0 aliphatic heterocycles. The standard InChI is InChI=1S/C7H5NO3S3/c9-7(12)13-8-14(10,11)6-4-2-1-3-5-6/h1-5H/p+1. The lowest BCUT2D eigenvalue weighted by atomic mass is 10.4. The molecule has 0 aliphatic rings. The van der Waals surface area contributed by atoms with Gasteiger partial charge in [0.25, 0.3) is 0 Å². The zero-order valence-corrected chi connectivity index (χ0v) is 9.35. The molecule has 0 atom stereocenters. The molecule has 0 fully saturated rings. The average molecular weight is 248 g/mol. The van der Waals surface area contributed by atoms with Crippen LogP contribution in [0.5, 0.6) is 0 Å². The molecule has 0 saturated heterocycles. The Labute approximate surface area is 90.9 Å². The number of rotatable bonds is 2. The summed E-state index contributed by atoms with van der Waals surface area (Å²) in [5.41, 5.74) is 0. The molecule has 0 aromatic heterocycles. The molecule has 74 valence electrons. The largest absolute Gasteiger partial charge is 0.491 e. The Balaban J connectivity index is 3.05. The van der Waals surface area contributed by atoms with E-state index in [2.05, 4.69) is 16.4 Å². The van der Waals surface area contributed by atoms with E-state index in [4.69, 9.17) is 0 Å². The van der Waals surface area contributed by atoms with Crippen molar-refractivity contribution in [2.24, 2.45) is 3.77 Å². The van der Waals surface area contributed by atoms with Crippen molar-refractivity contribution < 1.29 is 13.2 Å². The molecule has 0 spiro atoms. The number of carbonyl (C=O) groups excluding carboxylic acids is 1. The van der Waals surface area contributed by atoms with Crippen molar-refractivity contribution in [3.05, 3.63) is 30.3 Å². The second kappa shape index (κ2) is 4.63. The average Bonchev–Trinajstić information content (AvgIpc) is 2.16. The van der Waals surface area contributed by atoms with Gasteiger partial charge in [0.1, 0.15) is 3.77 Å². The summed E-state index contributed by atoms with van der Waals surface area (Å²) in [5.74, 6) is 0. The predicted molar refractivity (Wildman–Crippen MR) is 57.8 cm³/mol. The smallest absolute Gasteiger partial charge is 0.211 e. The van der Waals surface area contributed by atoms with Crippen LogP contribution < -0.4 is 0 Å². The van der Waals surface area contributed by atoms with Gasteiger partial charge in [-0.3, -0.25) is 0 Å². The molecule has 14 heavy (non-hydrogen) atoms. The van der Waals surface area contributed by atoms with Gasteiger partial charge >= 0.3 is 26.0 Å². The van der Waals surface area contributed by atoms with E-state index in [0.717, 1.165) is 0 Å². The number of hydrogen-bond donors (Lipinski definition) is 1. The first-order chi connectivity index (χ1) is 6.52.